The van der Waals surface area contributed by atoms with E-state index in [4.69, 9.17) is 0 Å². The van der Waals surface area contributed by atoms with Crippen molar-refractivity contribution in [2.75, 3.05) is 11.9 Å². The molecule has 1 saturated carbocycles. The average Bonchev–Trinajstić information content (AvgIpc) is 3.07. The van der Waals surface area contributed by atoms with Crippen LogP contribution in [0.4, 0.5) is 18.9 Å². The van der Waals surface area contributed by atoms with Gasteiger partial charge in [-0.05, 0) is 58.8 Å². The second-order valence-electron chi connectivity index (χ2n) is 4.90. The Labute approximate surface area is 113 Å². The highest BCUT2D eigenvalue weighted by atomic mass is 79.9. The molecule has 5 heteroatoms. The molecule has 0 bridgehead atoms. The van der Waals surface area contributed by atoms with Crippen molar-refractivity contribution in [1.29, 1.82) is 0 Å². The highest BCUT2D eigenvalue weighted by Gasteiger charge is 2.40. The minimum absolute atomic E-state index is 0.363. The Balaban J connectivity index is 2.06. The van der Waals surface area contributed by atoms with Crippen LogP contribution in [-0.4, -0.2) is 6.54 Å². The van der Waals surface area contributed by atoms with Gasteiger partial charge in [0.25, 0.3) is 0 Å². The van der Waals surface area contributed by atoms with Crippen molar-refractivity contribution < 1.29 is 13.2 Å². The minimum atomic E-state index is -4.29. The molecule has 0 saturated heterocycles. The summed E-state index contributed by atoms with van der Waals surface area (Å²) in [6.45, 7) is 2.98. The fourth-order valence-electron chi connectivity index (χ4n) is 1.95. The zero-order valence-corrected chi connectivity index (χ0v) is 11.7. The van der Waals surface area contributed by atoms with E-state index in [1.54, 1.807) is 0 Å². The fraction of sp³-hybridized carbons (Fsp3) is 0.538. The topological polar surface area (TPSA) is 12.0 Å². The Hall–Kier alpha value is -0.710. The summed E-state index contributed by atoms with van der Waals surface area (Å²) in [7, 11) is 0. The van der Waals surface area contributed by atoms with Gasteiger partial charge in [-0.15, -0.1) is 0 Å². The molecule has 1 fully saturated rings. The van der Waals surface area contributed by atoms with Crippen molar-refractivity contribution in [2.24, 2.45) is 5.41 Å². The summed E-state index contributed by atoms with van der Waals surface area (Å²) < 4.78 is 38.0. The van der Waals surface area contributed by atoms with Crippen molar-refractivity contribution >= 4 is 21.6 Å². The molecule has 0 aromatic heterocycles. The number of anilines is 1. The molecule has 1 aromatic rings. The Kier molecular flexibility index (Phi) is 3.63. The van der Waals surface area contributed by atoms with Crippen LogP contribution in [0.15, 0.2) is 22.7 Å². The highest BCUT2D eigenvalue weighted by Crippen LogP contribution is 2.48. The standard InChI is InChI=1S/C13H15BrF3N/c1-2-12(5-6-12)8-18-11-4-3-9(7-10(11)14)13(15,16)17/h3-4,7,18H,2,5-6,8H2,1H3. The summed E-state index contributed by atoms with van der Waals surface area (Å²) in [4.78, 5) is 0. The monoisotopic (exact) mass is 321 g/mol. The van der Waals surface area contributed by atoms with Gasteiger partial charge in [-0.2, -0.15) is 13.2 Å². The fourth-order valence-corrected chi connectivity index (χ4v) is 2.47. The second-order valence-corrected chi connectivity index (χ2v) is 5.75. The first-order valence-corrected chi connectivity index (χ1v) is 6.76. The molecule has 1 N–H and O–H groups in total. The number of rotatable bonds is 4. The maximum atomic E-state index is 12.5. The lowest BCUT2D eigenvalue weighted by atomic mass is 10.0. The Morgan fingerprint density at radius 3 is 2.44 bits per heavy atom. The number of hydrogen-bond acceptors (Lipinski definition) is 1. The predicted molar refractivity (Wildman–Crippen MR) is 69.6 cm³/mol. The van der Waals surface area contributed by atoms with Gasteiger partial charge in [0.1, 0.15) is 0 Å². The van der Waals surface area contributed by atoms with Crippen molar-refractivity contribution in [3.05, 3.63) is 28.2 Å². The van der Waals surface area contributed by atoms with Crippen LogP contribution >= 0.6 is 15.9 Å². The van der Waals surface area contributed by atoms with E-state index < -0.39 is 11.7 Å². The maximum absolute atomic E-state index is 12.5. The first kappa shape index (κ1) is 13.7. The van der Waals surface area contributed by atoms with Crippen LogP contribution in [0.1, 0.15) is 31.7 Å². The van der Waals surface area contributed by atoms with Gasteiger partial charge < -0.3 is 5.32 Å². The molecule has 0 amide bonds. The summed E-state index contributed by atoms with van der Waals surface area (Å²) in [6.07, 6.45) is -0.774. The van der Waals surface area contributed by atoms with E-state index in [2.05, 4.69) is 28.2 Å². The van der Waals surface area contributed by atoms with Crippen molar-refractivity contribution in [3.8, 4) is 0 Å². The van der Waals surface area contributed by atoms with Crippen molar-refractivity contribution in [1.82, 2.24) is 0 Å². The van der Waals surface area contributed by atoms with Crippen LogP contribution < -0.4 is 5.32 Å². The third-order valence-electron chi connectivity index (χ3n) is 3.66. The lowest BCUT2D eigenvalue weighted by Gasteiger charge is -2.16. The van der Waals surface area contributed by atoms with Crippen molar-refractivity contribution in [2.45, 2.75) is 32.4 Å². The maximum Gasteiger partial charge on any atom is 0.416 e. The number of halogens is 4. The minimum Gasteiger partial charge on any atom is -0.384 e. The van der Waals surface area contributed by atoms with Crippen LogP contribution in [0.2, 0.25) is 0 Å². The highest BCUT2D eigenvalue weighted by molar-refractivity contribution is 9.10. The summed E-state index contributed by atoms with van der Waals surface area (Å²) in [6, 6.07) is 3.71. The van der Waals surface area contributed by atoms with Gasteiger partial charge in [-0.1, -0.05) is 6.92 Å². The van der Waals surface area contributed by atoms with E-state index in [-0.39, 0.29) is 0 Å². The lowest BCUT2D eigenvalue weighted by molar-refractivity contribution is -0.137. The van der Waals surface area contributed by atoms with E-state index >= 15 is 0 Å². The van der Waals surface area contributed by atoms with Crippen LogP contribution in [0, 0.1) is 5.41 Å². The molecular formula is C13H15BrF3N. The van der Waals surface area contributed by atoms with Gasteiger partial charge in [0, 0.05) is 16.7 Å². The zero-order valence-electron chi connectivity index (χ0n) is 10.1. The molecule has 1 aromatic carbocycles. The normalized spacial score (nSPS) is 17.6. The van der Waals surface area contributed by atoms with Gasteiger partial charge in [0.2, 0.25) is 0 Å². The Bertz CT molecular complexity index is 438. The molecule has 0 heterocycles. The quantitative estimate of drug-likeness (QED) is 0.816. The summed E-state index contributed by atoms with van der Waals surface area (Å²) in [5.74, 6) is 0. The zero-order chi connectivity index (χ0) is 13.4. The predicted octanol–water partition coefficient (Wildman–Crippen LogP) is 5.07. The molecule has 0 unspecified atom stereocenters. The molecule has 18 heavy (non-hydrogen) atoms. The molecule has 2 rings (SSSR count). The van der Waals surface area contributed by atoms with Gasteiger partial charge in [0.05, 0.1) is 5.56 Å². The molecule has 1 nitrogen and oxygen atoms in total. The average molecular weight is 322 g/mol. The summed E-state index contributed by atoms with van der Waals surface area (Å²) in [5.41, 5.74) is 0.460. The van der Waals surface area contributed by atoms with Crippen molar-refractivity contribution in [3.63, 3.8) is 0 Å². The van der Waals surface area contributed by atoms with Crippen LogP contribution in [-0.2, 0) is 6.18 Å². The van der Waals surface area contributed by atoms with Crippen LogP contribution in [0.5, 0.6) is 0 Å². The second kappa shape index (κ2) is 4.76. The van der Waals surface area contributed by atoms with E-state index in [9.17, 15) is 13.2 Å². The first-order chi connectivity index (χ1) is 8.36. The van der Waals surface area contributed by atoms with E-state index in [1.807, 2.05) is 0 Å². The molecule has 0 radical (unpaired) electrons. The van der Waals surface area contributed by atoms with Gasteiger partial charge >= 0.3 is 6.18 Å². The summed E-state index contributed by atoms with van der Waals surface area (Å²) >= 11 is 3.19. The molecule has 0 atom stereocenters. The summed E-state index contributed by atoms with van der Waals surface area (Å²) in [5, 5.41) is 3.23. The third kappa shape index (κ3) is 2.99. The first-order valence-electron chi connectivity index (χ1n) is 5.97. The van der Waals surface area contributed by atoms with E-state index in [1.165, 1.54) is 18.9 Å². The molecule has 1 aliphatic rings. The van der Waals surface area contributed by atoms with E-state index in [0.717, 1.165) is 30.8 Å². The van der Waals surface area contributed by atoms with Gasteiger partial charge in [-0.3, -0.25) is 0 Å². The largest absolute Gasteiger partial charge is 0.416 e. The van der Waals surface area contributed by atoms with Gasteiger partial charge in [0.15, 0.2) is 0 Å². The molecule has 0 spiro atoms. The SMILES string of the molecule is CCC1(CNc2ccc(C(F)(F)F)cc2Br)CC1. The number of alkyl halides is 3. The van der Waals surface area contributed by atoms with Gasteiger partial charge in [-0.25, -0.2) is 0 Å². The third-order valence-corrected chi connectivity index (χ3v) is 4.31. The smallest absolute Gasteiger partial charge is 0.384 e. The number of nitrogens with one attached hydrogen (secondary N) is 1. The number of hydrogen-bond donors (Lipinski definition) is 1. The lowest BCUT2D eigenvalue weighted by Crippen LogP contribution is -2.15. The molecule has 1 aliphatic carbocycles. The molecular weight excluding hydrogens is 307 g/mol. The molecule has 0 aliphatic heterocycles. The Morgan fingerprint density at radius 1 is 1.33 bits per heavy atom. The van der Waals surface area contributed by atoms with Crippen LogP contribution in [0.25, 0.3) is 0 Å². The molecule has 100 valence electrons. The Morgan fingerprint density at radius 2 is 2.00 bits per heavy atom. The van der Waals surface area contributed by atoms with Crippen LogP contribution in [0.3, 0.4) is 0 Å². The van der Waals surface area contributed by atoms with E-state index in [0.29, 0.717) is 9.89 Å². The number of benzene rings is 1.